The number of amides is 2. The average Bonchev–Trinajstić information content (AvgIpc) is 2.22. The predicted molar refractivity (Wildman–Crippen MR) is 43.1 cm³/mol. The molecule has 2 amide bonds. The summed E-state index contributed by atoms with van der Waals surface area (Å²) in [7, 11) is 0. The molecule has 100 valence electrons. The highest BCUT2D eigenvalue weighted by molar-refractivity contribution is 5.99. The van der Waals surface area contributed by atoms with Crippen molar-refractivity contribution in [2.24, 2.45) is 5.92 Å². The monoisotopic (exact) mass is 264 g/mol. The van der Waals surface area contributed by atoms with Gasteiger partial charge in [-0.1, -0.05) is 0 Å². The predicted octanol–water partition coefficient (Wildman–Crippen LogP) is 0.442. The molecule has 0 aliphatic rings. The minimum Gasteiger partial charge on any atom is -0.349 e. The van der Waals surface area contributed by atoms with Gasteiger partial charge >= 0.3 is 12.1 Å². The van der Waals surface area contributed by atoms with Gasteiger partial charge in [-0.05, 0) is 6.92 Å². The largest absolute Gasteiger partial charge is 0.455 e. The number of hydrogen-bond donors (Lipinski definition) is 3. The summed E-state index contributed by atoms with van der Waals surface area (Å²) in [5.74, 6) is -9.26. The number of halogens is 5. The highest BCUT2D eigenvalue weighted by Crippen LogP contribution is 2.34. The molecule has 3 N–H and O–H groups in total. The van der Waals surface area contributed by atoms with Gasteiger partial charge in [0.25, 0.3) is 5.91 Å². The van der Waals surface area contributed by atoms with Gasteiger partial charge in [-0.2, -0.15) is 22.0 Å². The zero-order chi connectivity index (χ0) is 13.9. The third kappa shape index (κ3) is 4.13. The minimum absolute atomic E-state index is 0.923. The highest BCUT2D eigenvalue weighted by atomic mass is 19.4. The standard InChI is InChI=1S/C7H9F5N2O3/c1-3(5(16)14-17)4(15)13-2-6(8,9)7(10,11)12/h3,17H,2H2,1H3,(H,13,15)(H,14,16). The van der Waals surface area contributed by atoms with E-state index < -0.39 is 36.4 Å². The quantitative estimate of drug-likeness (QED) is 0.298. The van der Waals surface area contributed by atoms with Crippen LogP contribution in [0.3, 0.4) is 0 Å². The van der Waals surface area contributed by atoms with Crippen molar-refractivity contribution in [2.75, 3.05) is 6.54 Å². The van der Waals surface area contributed by atoms with Crippen LogP contribution >= 0.6 is 0 Å². The summed E-state index contributed by atoms with van der Waals surface area (Å²) in [5, 5.41) is 9.37. The molecule has 0 radical (unpaired) electrons. The first-order chi connectivity index (χ1) is 7.53. The number of carbonyl (C=O) groups excluding carboxylic acids is 2. The maximum Gasteiger partial charge on any atom is 0.455 e. The van der Waals surface area contributed by atoms with Crippen molar-refractivity contribution < 1.29 is 36.7 Å². The summed E-state index contributed by atoms with van der Waals surface area (Å²) >= 11 is 0. The summed E-state index contributed by atoms with van der Waals surface area (Å²) < 4.78 is 59.8. The number of hydrogen-bond acceptors (Lipinski definition) is 3. The Bertz CT molecular complexity index is 304. The van der Waals surface area contributed by atoms with Gasteiger partial charge in [0.2, 0.25) is 5.91 Å². The molecule has 0 aromatic rings. The maximum atomic E-state index is 12.3. The van der Waals surface area contributed by atoms with Gasteiger partial charge < -0.3 is 5.32 Å². The van der Waals surface area contributed by atoms with E-state index in [-0.39, 0.29) is 0 Å². The molecular formula is C7H9F5N2O3. The summed E-state index contributed by atoms with van der Waals surface area (Å²) in [6, 6.07) is 0. The lowest BCUT2D eigenvalue weighted by Gasteiger charge is -2.20. The van der Waals surface area contributed by atoms with Crippen molar-refractivity contribution in [2.45, 2.75) is 19.0 Å². The molecule has 0 spiro atoms. The first-order valence-electron chi connectivity index (χ1n) is 4.19. The number of rotatable bonds is 4. The Hall–Kier alpha value is -1.45. The molecule has 1 atom stereocenters. The molecule has 0 aliphatic heterocycles. The fourth-order valence-corrected chi connectivity index (χ4v) is 0.667. The fraction of sp³-hybridized carbons (Fsp3) is 0.714. The van der Waals surface area contributed by atoms with Crippen LogP contribution in [0.2, 0.25) is 0 Å². The van der Waals surface area contributed by atoms with Crippen molar-refractivity contribution in [3.05, 3.63) is 0 Å². The molecule has 1 unspecified atom stereocenters. The van der Waals surface area contributed by atoms with Crippen molar-refractivity contribution in [1.29, 1.82) is 0 Å². The van der Waals surface area contributed by atoms with E-state index in [2.05, 4.69) is 0 Å². The van der Waals surface area contributed by atoms with Gasteiger partial charge in [0, 0.05) is 0 Å². The molecule has 0 rings (SSSR count). The van der Waals surface area contributed by atoms with Gasteiger partial charge in [0.1, 0.15) is 5.92 Å². The SMILES string of the molecule is CC(C(=O)NO)C(=O)NCC(F)(F)C(F)(F)F. The lowest BCUT2D eigenvalue weighted by molar-refractivity contribution is -0.278. The summed E-state index contributed by atoms with van der Waals surface area (Å²) in [6.07, 6.45) is -5.79. The molecule has 0 aromatic carbocycles. The number of hydroxylamine groups is 1. The third-order valence-electron chi connectivity index (χ3n) is 1.80. The summed E-state index contributed by atoms with van der Waals surface area (Å²) in [5.41, 5.74) is 1.06. The Kier molecular flexibility index (Phi) is 4.81. The van der Waals surface area contributed by atoms with Crippen LogP contribution in [0.4, 0.5) is 22.0 Å². The number of nitrogens with one attached hydrogen (secondary N) is 2. The molecule has 0 saturated heterocycles. The Balaban J connectivity index is 4.40. The van der Waals surface area contributed by atoms with Crippen molar-refractivity contribution in [3.8, 4) is 0 Å². The van der Waals surface area contributed by atoms with E-state index in [0.717, 1.165) is 12.4 Å². The van der Waals surface area contributed by atoms with E-state index in [1.54, 1.807) is 0 Å². The highest BCUT2D eigenvalue weighted by Gasteiger charge is 2.57. The van der Waals surface area contributed by atoms with E-state index in [9.17, 15) is 31.5 Å². The first-order valence-corrected chi connectivity index (χ1v) is 4.19. The first kappa shape index (κ1) is 15.5. The normalized spacial score (nSPS) is 14.1. The maximum absolute atomic E-state index is 12.3. The second-order valence-corrected chi connectivity index (χ2v) is 3.12. The van der Waals surface area contributed by atoms with Gasteiger partial charge in [-0.25, -0.2) is 5.48 Å². The topological polar surface area (TPSA) is 78.4 Å². The van der Waals surface area contributed by atoms with Gasteiger partial charge in [0.05, 0.1) is 6.54 Å². The molecule has 0 heterocycles. The van der Waals surface area contributed by atoms with Crippen LogP contribution in [-0.2, 0) is 9.59 Å². The van der Waals surface area contributed by atoms with Crippen molar-refractivity contribution in [1.82, 2.24) is 10.8 Å². The molecule has 0 saturated carbocycles. The van der Waals surface area contributed by atoms with Crippen LogP contribution in [0.25, 0.3) is 0 Å². The Morgan fingerprint density at radius 1 is 1.18 bits per heavy atom. The second-order valence-electron chi connectivity index (χ2n) is 3.12. The fourth-order valence-electron chi connectivity index (χ4n) is 0.667. The number of carbonyl (C=O) groups is 2. The average molecular weight is 264 g/mol. The van der Waals surface area contributed by atoms with E-state index in [0.29, 0.717) is 0 Å². The Morgan fingerprint density at radius 2 is 1.65 bits per heavy atom. The molecule has 10 heteroatoms. The molecule has 0 bridgehead atoms. The van der Waals surface area contributed by atoms with Gasteiger partial charge in [0.15, 0.2) is 0 Å². The van der Waals surface area contributed by atoms with Crippen LogP contribution in [-0.4, -0.2) is 35.7 Å². The minimum atomic E-state index is -5.79. The van der Waals surface area contributed by atoms with Crippen LogP contribution in [0, 0.1) is 5.92 Å². The molecular weight excluding hydrogens is 255 g/mol. The van der Waals surface area contributed by atoms with Crippen LogP contribution in [0.5, 0.6) is 0 Å². The lowest BCUT2D eigenvalue weighted by Crippen LogP contribution is -2.49. The van der Waals surface area contributed by atoms with Crippen LogP contribution < -0.4 is 10.8 Å². The number of alkyl halides is 5. The summed E-state index contributed by atoms with van der Waals surface area (Å²) in [6.45, 7) is -1.05. The summed E-state index contributed by atoms with van der Waals surface area (Å²) in [4.78, 5) is 21.6. The second kappa shape index (κ2) is 5.25. The molecule has 0 aliphatic carbocycles. The van der Waals surface area contributed by atoms with E-state index in [1.807, 2.05) is 0 Å². The van der Waals surface area contributed by atoms with E-state index in [1.165, 1.54) is 5.32 Å². The third-order valence-corrected chi connectivity index (χ3v) is 1.80. The molecule has 17 heavy (non-hydrogen) atoms. The van der Waals surface area contributed by atoms with Crippen molar-refractivity contribution in [3.63, 3.8) is 0 Å². The van der Waals surface area contributed by atoms with E-state index >= 15 is 0 Å². The van der Waals surface area contributed by atoms with Gasteiger partial charge in [-0.15, -0.1) is 0 Å². The molecule has 0 aromatic heterocycles. The zero-order valence-electron chi connectivity index (χ0n) is 8.44. The van der Waals surface area contributed by atoms with Crippen molar-refractivity contribution >= 4 is 11.8 Å². The lowest BCUT2D eigenvalue weighted by atomic mass is 10.1. The zero-order valence-corrected chi connectivity index (χ0v) is 8.44. The van der Waals surface area contributed by atoms with Gasteiger partial charge in [-0.3, -0.25) is 14.8 Å². The van der Waals surface area contributed by atoms with E-state index in [4.69, 9.17) is 5.21 Å². The Morgan fingerprint density at radius 3 is 2.00 bits per heavy atom. The van der Waals surface area contributed by atoms with Crippen LogP contribution in [0.15, 0.2) is 0 Å². The van der Waals surface area contributed by atoms with Crippen LogP contribution in [0.1, 0.15) is 6.92 Å². The smallest absolute Gasteiger partial charge is 0.349 e. The molecule has 0 fully saturated rings. The Labute approximate surface area is 91.9 Å². The molecule has 5 nitrogen and oxygen atoms in total.